The molecule has 0 saturated heterocycles. The summed E-state index contributed by atoms with van der Waals surface area (Å²) in [4.78, 5) is 14.6. The monoisotopic (exact) mass is 328 g/mol. The van der Waals surface area contributed by atoms with Gasteiger partial charge in [0.25, 0.3) is 5.91 Å². The van der Waals surface area contributed by atoms with Crippen molar-refractivity contribution in [1.82, 2.24) is 0 Å². The number of rotatable bonds is 4. The summed E-state index contributed by atoms with van der Waals surface area (Å²) < 4.78 is 19.3. The van der Waals surface area contributed by atoms with E-state index in [1.165, 1.54) is 12.1 Å². The van der Waals surface area contributed by atoms with E-state index < -0.39 is 6.10 Å². The fraction of sp³-hybridized carbons (Fsp3) is 0.316. The van der Waals surface area contributed by atoms with E-state index in [4.69, 9.17) is 10.5 Å². The number of carbonyl (C=O) groups is 1. The van der Waals surface area contributed by atoms with Crippen LogP contribution in [0.1, 0.15) is 19.4 Å². The van der Waals surface area contributed by atoms with Gasteiger partial charge in [-0.2, -0.15) is 0 Å². The Kier molecular flexibility index (Phi) is 4.42. The number of carbonyl (C=O) groups excluding carboxylic acids is 1. The SMILES string of the molecule is CC(C)CN1C(=O)C(Cc2cccc(F)c2)Oc2cc(N)ccc21. The molecule has 1 amide bonds. The van der Waals surface area contributed by atoms with Gasteiger partial charge in [0.2, 0.25) is 0 Å². The van der Waals surface area contributed by atoms with Crippen LogP contribution < -0.4 is 15.4 Å². The number of halogens is 1. The van der Waals surface area contributed by atoms with Gasteiger partial charge in [-0.25, -0.2) is 4.39 Å². The minimum atomic E-state index is -0.681. The number of anilines is 2. The molecule has 126 valence electrons. The lowest BCUT2D eigenvalue weighted by Gasteiger charge is -2.35. The van der Waals surface area contributed by atoms with Gasteiger partial charge in [-0.1, -0.05) is 26.0 Å². The summed E-state index contributed by atoms with van der Waals surface area (Å²) in [5, 5.41) is 0. The third-order valence-electron chi connectivity index (χ3n) is 3.94. The summed E-state index contributed by atoms with van der Waals surface area (Å²) in [6.45, 7) is 4.71. The first-order valence-corrected chi connectivity index (χ1v) is 8.06. The van der Waals surface area contributed by atoms with E-state index in [-0.39, 0.29) is 11.7 Å². The molecule has 2 N–H and O–H groups in total. The molecule has 3 rings (SSSR count). The van der Waals surface area contributed by atoms with E-state index in [1.54, 1.807) is 29.2 Å². The molecule has 4 nitrogen and oxygen atoms in total. The molecular weight excluding hydrogens is 307 g/mol. The van der Waals surface area contributed by atoms with Gasteiger partial charge in [0.05, 0.1) is 5.69 Å². The molecule has 1 aliphatic heterocycles. The average Bonchev–Trinajstić information content (AvgIpc) is 2.51. The second-order valence-corrected chi connectivity index (χ2v) is 6.51. The van der Waals surface area contributed by atoms with Gasteiger partial charge in [-0.05, 0) is 35.7 Å². The number of nitrogens with zero attached hydrogens (tertiary/aromatic N) is 1. The molecule has 0 bridgehead atoms. The largest absolute Gasteiger partial charge is 0.478 e. The van der Waals surface area contributed by atoms with Crippen LogP contribution in [0.15, 0.2) is 42.5 Å². The number of hydrogen-bond acceptors (Lipinski definition) is 3. The van der Waals surface area contributed by atoms with Gasteiger partial charge in [-0.15, -0.1) is 0 Å². The van der Waals surface area contributed by atoms with Gasteiger partial charge in [0.1, 0.15) is 11.6 Å². The highest BCUT2D eigenvalue weighted by Gasteiger charge is 2.34. The van der Waals surface area contributed by atoms with Crippen molar-refractivity contribution in [2.24, 2.45) is 5.92 Å². The van der Waals surface area contributed by atoms with Crippen molar-refractivity contribution in [1.29, 1.82) is 0 Å². The number of benzene rings is 2. The summed E-state index contributed by atoms with van der Waals surface area (Å²) in [5.74, 6) is 0.480. The van der Waals surface area contributed by atoms with Crippen LogP contribution in [-0.4, -0.2) is 18.6 Å². The Labute approximate surface area is 141 Å². The van der Waals surface area contributed by atoms with Crippen LogP contribution in [0, 0.1) is 11.7 Å². The van der Waals surface area contributed by atoms with E-state index >= 15 is 0 Å². The fourth-order valence-electron chi connectivity index (χ4n) is 2.90. The normalized spacial score (nSPS) is 16.9. The topological polar surface area (TPSA) is 55.6 Å². The molecular formula is C19H21FN2O2. The zero-order chi connectivity index (χ0) is 17.3. The second-order valence-electron chi connectivity index (χ2n) is 6.51. The summed E-state index contributed by atoms with van der Waals surface area (Å²) in [6.07, 6.45) is -0.362. The van der Waals surface area contributed by atoms with Gasteiger partial charge >= 0.3 is 0 Å². The molecule has 2 aromatic carbocycles. The van der Waals surface area contributed by atoms with Gasteiger partial charge < -0.3 is 15.4 Å². The molecule has 0 aromatic heterocycles. The van der Waals surface area contributed by atoms with Gasteiger partial charge in [-0.3, -0.25) is 4.79 Å². The van der Waals surface area contributed by atoms with Crippen LogP contribution in [-0.2, 0) is 11.2 Å². The third-order valence-corrected chi connectivity index (χ3v) is 3.94. The van der Waals surface area contributed by atoms with E-state index in [0.29, 0.717) is 30.3 Å². The van der Waals surface area contributed by atoms with Crippen molar-refractivity contribution in [3.63, 3.8) is 0 Å². The predicted molar refractivity (Wildman–Crippen MR) is 92.6 cm³/mol. The van der Waals surface area contributed by atoms with Crippen molar-refractivity contribution in [2.75, 3.05) is 17.2 Å². The number of amides is 1. The molecule has 2 aromatic rings. The maximum atomic E-state index is 13.4. The summed E-state index contributed by atoms with van der Waals surface area (Å²) >= 11 is 0. The highest BCUT2D eigenvalue weighted by Crippen LogP contribution is 2.36. The molecule has 5 heteroatoms. The Morgan fingerprint density at radius 1 is 1.25 bits per heavy atom. The van der Waals surface area contributed by atoms with Crippen LogP contribution in [0.2, 0.25) is 0 Å². The minimum absolute atomic E-state index is 0.106. The molecule has 24 heavy (non-hydrogen) atoms. The third kappa shape index (κ3) is 3.35. The van der Waals surface area contributed by atoms with Crippen molar-refractivity contribution >= 4 is 17.3 Å². The minimum Gasteiger partial charge on any atom is -0.478 e. The molecule has 0 radical (unpaired) electrons. The first kappa shape index (κ1) is 16.3. The van der Waals surface area contributed by atoms with Gasteiger partial charge in [0, 0.05) is 24.7 Å². The zero-order valence-corrected chi connectivity index (χ0v) is 13.8. The molecule has 1 atom stereocenters. The Hall–Kier alpha value is -2.56. The van der Waals surface area contributed by atoms with E-state index in [0.717, 1.165) is 11.3 Å². The molecule has 1 heterocycles. The molecule has 0 saturated carbocycles. The average molecular weight is 328 g/mol. The van der Waals surface area contributed by atoms with Crippen molar-refractivity contribution in [3.05, 3.63) is 53.8 Å². The smallest absolute Gasteiger partial charge is 0.268 e. The lowest BCUT2D eigenvalue weighted by molar-refractivity contribution is -0.126. The number of nitrogen functional groups attached to an aromatic ring is 1. The number of ether oxygens (including phenoxy) is 1. The van der Waals surface area contributed by atoms with Crippen LogP contribution in [0.5, 0.6) is 5.75 Å². The molecule has 0 aliphatic carbocycles. The summed E-state index contributed by atoms with van der Waals surface area (Å²) in [6, 6.07) is 11.5. The van der Waals surface area contributed by atoms with E-state index in [9.17, 15) is 9.18 Å². The number of fused-ring (bicyclic) bond motifs is 1. The molecule has 0 spiro atoms. The second kappa shape index (κ2) is 6.51. The van der Waals surface area contributed by atoms with Crippen molar-refractivity contribution < 1.29 is 13.9 Å². The Balaban J connectivity index is 1.92. The molecule has 0 fully saturated rings. The maximum Gasteiger partial charge on any atom is 0.268 e. The first-order chi connectivity index (χ1) is 11.4. The van der Waals surface area contributed by atoms with Crippen LogP contribution >= 0.6 is 0 Å². The number of hydrogen-bond donors (Lipinski definition) is 1. The highest BCUT2D eigenvalue weighted by molar-refractivity contribution is 6.00. The van der Waals surface area contributed by atoms with E-state index in [1.807, 2.05) is 6.07 Å². The molecule has 1 aliphatic rings. The Morgan fingerprint density at radius 3 is 2.75 bits per heavy atom. The fourth-order valence-corrected chi connectivity index (χ4v) is 2.90. The summed E-state index contributed by atoms with van der Waals surface area (Å²) in [7, 11) is 0. The van der Waals surface area contributed by atoms with Crippen molar-refractivity contribution in [3.8, 4) is 5.75 Å². The molecule has 1 unspecified atom stereocenters. The number of nitrogens with two attached hydrogens (primary N) is 1. The van der Waals surface area contributed by atoms with Gasteiger partial charge in [0.15, 0.2) is 6.10 Å². The lowest BCUT2D eigenvalue weighted by atomic mass is 10.0. The quantitative estimate of drug-likeness (QED) is 0.875. The lowest BCUT2D eigenvalue weighted by Crippen LogP contribution is -2.48. The summed E-state index contributed by atoms with van der Waals surface area (Å²) in [5.41, 5.74) is 7.89. The van der Waals surface area contributed by atoms with Crippen LogP contribution in [0.3, 0.4) is 0 Å². The Morgan fingerprint density at radius 2 is 2.04 bits per heavy atom. The van der Waals surface area contributed by atoms with E-state index in [2.05, 4.69) is 13.8 Å². The van der Waals surface area contributed by atoms with Crippen molar-refractivity contribution in [2.45, 2.75) is 26.4 Å². The van der Waals surface area contributed by atoms with Crippen LogP contribution in [0.4, 0.5) is 15.8 Å². The first-order valence-electron chi connectivity index (χ1n) is 8.06. The predicted octanol–water partition coefficient (Wildman–Crippen LogP) is 3.40. The maximum absolute atomic E-state index is 13.4. The van der Waals surface area contributed by atoms with Crippen LogP contribution in [0.25, 0.3) is 0 Å². The Bertz CT molecular complexity index is 761. The highest BCUT2D eigenvalue weighted by atomic mass is 19.1. The standard InChI is InChI=1S/C19H21FN2O2/c1-12(2)11-22-16-7-6-15(21)10-17(16)24-18(19(22)23)9-13-4-3-5-14(20)8-13/h3-8,10,12,18H,9,11,21H2,1-2H3. The zero-order valence-electron chi connectivity index (χ0n) is 13.8.